The van der Waals surface area contributed by atoms with Gasteiger partial charge in [0.2, 0.25) is 0 Å². The molecular weight excluding hydrogens is 392 g/mol. The van der Waals surface area contributed by atoms with Gasteiger partial charge in [-0.3, -0.25) is 19.0 Å². The molecule has 2 heterocycles. The van der Waals surface area contributed by atoms with Crippen molar-refractivity contribution in [2.75, 3.05) is 24.3 Å². The lowest BCUT2D eigenvalue weighted by Crippen LogP contribution is -2.30. The first-order valence-electron chi connectivity index (χ1n) is 9.05. The molecule has 1 N–H and O–H groups in total. The topological polar surface area (TPSA) is 93.5 Å². The van der Waals surface area contributed by atoms with Gasteiger partial charge in [0.25, 0.3) is 11.5 Å². The fourth-order valence-electron chi connectivity index (χ4n) is 2.66. The maximum Gasteiger partial charge on any atom is 0.308 e. The molecule has 3 rings (SSSR count). The third-order valence-corrected chi connectivity index (χ3v) is 5.16. The predicted molar refractivity (Wildman–Crippen MR) is 113 cm³/mol. The highest BCUT2D eigenvalue weighted by Gasteiger charge is 2.18. The molecule has 0 aliphatic heterocycles. The second-order valence-corrected chi connectivity index (χ2v) is 7.59. The second kappa shape index (κ2) is 8.87. The summed E-state index contributed by atoms with van der Waals surface area (Å²) in [6.45, 7) is 1.64. The Hall–Kier alpha value is -3.20. The number of ether oxygens (including phenoxy) is 1. The Labute approximate surface area is 171 Å². The zero-order chi connectivity index (χ0) is 21.0. The van der Waals surface area contributed by atoms with E-state index in [1.165, 1.54) is 29.2 Å². The highest BCUT2D eigenvalue weighted by Crippen LogP contribution is 2.16. The summed E-state index contributed by atoms with van der Waals surface area (Å²) >= 11 is 1.39. The number of nitrogens with one attached hydrogen (secondary N) is 1. The molecule has 1 atom stereocenters. The average molecular weight is 414 g/mol. The van der Waals surface area contributed by atoms with Gasteiger partial charge in [0.1, 0.15) is 4.83 Å². The Morgan fingerprint density at radius 3 is 2.66 bits per heavy atom. The molecule has 1 unspecified atom stereocenters. The Bertz CT molecular complexity index is 1070. The predicted octanol–water partition coefficient (Wildman–Crippen LogP) is 2.48. The molecule has 3 aromatic rings. The highest BCUT2D eigenvalue weighted by atomic mass is 32.1. The van der Waals surface area contributed by atoms with Crippen LogP contribution in [0.5, 0.6) is 0 Å². The van der Waals surface area contributed by atoms with Crippen LogP contribution in [0.1, 0.15) is 13.3 Å². The van der Waals surface area contributed by atoms with Crippen LogP contribution in [0.15, 0.2) is 46.8 Å². The van der Waals surface area contributed by atoms with E-state index in [0.29, 0.717) is 15.9 Å². The SMILES string of the molecule is CC(OC(=O)CCn1cnc2sccc2c1=O)C(=O)Nc1ccc(N(C)C)cc1. The van der Waals surface area contributed by atoms with Crippen LogP contribution in [0, 0.1) is 0 Å². The van der Waals surface area contributed by atoms with Gasteiger partial charge in [0.15, 0.2) is 6.10 Å². The number of rotatable bonds is 7. The number of aromatic nitrogens is 2. The first-order chi connectivity index (χ1) is 13.8. The molecule has 0 radical (unpaired) electrons. The van der Waals surface area contributed by atoms with Crippen LogP contribution in [0.2, 0.25) is 0 Å². The number of anilines is 2. The number of hydrogen-bond acceptors (Lipinski definition) is 7. The molecule has 9 heteroatoms. The summed E-state index contributed by atoms with van der Waals surface area (Å²) in [6, 6.07) is 9.02. The summed E-state index contributed by atoms with van der Waals surface area (Å²) in [5.41, 5.74) is 1.43. The molecule has 0 aliphatic rings. The summed E-state index contributed by atoms with van der Waals surface area (Å²) in [4.78, 5) is 43.5. The largest absolute Gasteiger partial charge is 0.452 e. The minimum atomic E-state index is -0.953. The maximum absolute atomic E-state index is 12.3. The van der Waals surface area contributed by atoms with Gasteiger partial charge in [-0.2, -0.15) is 0 Å². The van der Waals surface area contributed by atoms with E-state index in [2.05, 4.69) is 10.3 Å². The summed E-state index contributed by atoms with van der Waals surface area (Å²) in [7, 11) is 3.86. The van der Waals surface area contributed by atoms with Crippen molar-refractivity contribution in [3.05, 3.63) is 52.4 Å². The van der Waals surface area contributed by atoms with Gasteiger partial charge in [0.05, 0.1) is 18.1 Å². The number of fused-ring (bicyclic) bond motifs is 1. The molecule has 1 amide bonds. The van der Waals surface area contributed by atoms with Gasteiger partial charge in [-0.25, -0.2) is 4.98 Å². The van der Waals surface area contributed by atoms with Crippen LogP contribution < -0.4 is 15.8 Å². The number of carbonyl (C=O) groups is 2. The summed E-state index contributed by atoms with van der Waals surface area (Å²) in [5.74, 6) is -0.984. The molecule has 0 spiro atoms. The van der Waals surface area contributed by atoms with Crippen molar-refractivity contribution in [1.29, 1.82) is 0 Å². The maximum atomic E-state index is 12.3. The molecule has 152 valence electrons. The number of amides is 1. The first kappa shape index (κ1) is 20.5. The van der Waals surface area contributed by atoms with E-state index >= 15 is 0 Å². The van der Waals surface area contributed by atoms with Gasteiger partial charge >= 0.3 is 5.97 Å². The Morgan fingerprint density at radius 2 is 1.97 bits per heavy atom. The average Bonchev–Trinajstić information content (AvgIpc) is 3.17. The van der Waals surface area contributed by atoms with Crippen molar-refractivity contribution in [3.63, 3.8) is 0 Å². The van der Waals surface area contributed by atoms with Crippen molar-refractivity contribution in [3.8, 4) is 0 Å². The highest BCUT2D eigenvalue weighted by molar-refractivity contribution is 7.16. The lowest BCUT2D eigenvalue weighted by molar-refractivity contribution is -0.153. The summed E-state index contributed by atoms with van der Waals surface area (Å²) < 4.78 is 6.56. The number of benzene rings is 1. The van der Waals surface area contributed by atoms with Gasteiger partial charge in [-0.05, 0) is 42.6 Å². The van der Waals surface area contributed by atoms with Crippen LogP contribution in [-0.4, -0.2) is 41.6 Å². The van der Waals surface area contributed by atoms with Crippen molar-refractivity contribution < 1.29 is 14.3 Å². The summed E-state index contributed by atoms with van der Waals surface area (Å²) in [5, 5.41) is 5.04. The summed E-state index contributed by atoms with van der Waals surface area (Å²) in [6.07, 6.45) is 0.430. The minimum absolute atomic E-state index is 0.0353. The lowest BCUT2D eigenvalue weighted by Gasteiger charge is -2.15. The van der Waals surface area contributed by atoms with Crippen molar-refractivity contribution in [2.24, 2.45) is 0 Å². The molecule has 0 saturated carbocycles. The molecule has 0 bridgehead atoms. The van der Waals surface area contributed by atoms with Crippen LogP contribution in [-0.2, 0) is 20.9 Å². The minimum Gasteiger partial charge on any atom is -0.452 e. The van der Waals surface area contributed by atoms with Gasteiger partial charge in [-0.15, -0.1) is 11.3 Å². The monoisotopic (exact) mass is 414 g/mol. The third kappa shape index (κ3) is 5.00. The standard InChI is InChI=1S/C20H22N4O4S/c1-13(18(26)22-14-4-6-15(7-5-14)23(2)3)28-17(25)8-10-24-12-21-19-16(20(24)27)9-11-29-19/h4-7,9,11-13H,8,10H2,1-3H3,(H,22,26). The van der Waals surface area contributed by atoms with E-state index in [1.807, 2.05) is 31.1 Å². The number of hydrogen-bond donors (Lipinski definition) is 1. The number of esters is 1. The Morgan fingerprint density at radius 1 is 1.24 bits per heavy atom. The molecule has 1 aromatic carbocycles. The molecule has 0 saturated heterocycles. The van der Waals surface area contributed by atoms with Gasteiger partial charge < -0.3 is 15.0 Å². The van der Waals surface area contributed by atoms with Crippen molar-refractivity contribution >= 4 is 44.8 Å². The smallest absolute Gasteiger partial charge is 0.308 e. The lowest BCUT2D eigenvalue weighted by atomic mass is 10.2. The molecule has 29 heavy (non-hydrogen) atoms. The number of carbonyl (C=O) groups excluding carboxylic acids is 2. The van der Waals surface area contributed by atoms with Gasteiger partial charge in [0, 0.05) is 32.0 Å². The van der Waals surface area contributed by atoms with Crippen LogP contribution in [0.3, 0.4) is 0 Å². The molecule has 2 aromatic heterocycles. The van der Waals surface area contributed by atoms with Crippen molar-refractivity contribution in [2.45, 2.75) is 26.0 Å². The van der Waals surface area contributed by atoms with E-state index in [1.54, 1.807) is 23.6 Å². The third-order valence-electron chi connectivity index (χ3n) is 4.34. The van der Waals surface area contributed by atoms with Crippen LogP contribution in [0.4, 0.5) is 11.4 Å². The molecule has 0 fully saturated rings. The van der Waals surface area contributed by atoms with E-state index in [-0.39, 0.29) is 18.5 Å². The second-order valence-electron chi connectivity index (χ2n) is 6.70. The molecule has 0 aliphatic carbocycles. The van der Waals surface area contributed by atoms with E-state index in [4.69, 9.17) is 4.74 Å². The first-order valence-corrected chi connectivity index (χ1v) is 9.93. The van der Waals surface area contributed by atoms with E-state index in [9.17, 15) is 14.4 Å². The molecule has 8 nitrogen and oxygen atoms in total. The zero-order valence-electron chi connectivity index (χ0n) is 16.4. The Balaban J connectivity index is 1.52. The normalized spacial score (nSPS) is 11.8. The van der Waals surface area contributed by atoms with Gasteiger partial charge in [-0.1, -0.05) is 0 Å². The number of nitrogens with zero attached hydrogens (tertiary/aromatic N) is 3. The number of aryl methyl sites for hydroxylation is 1. The fourth-order valence-corrected chi connectivity index (χ4v) is 3.38. The van der Waals surface area contributed by atoms with E-state index in [0.717, 1.165) is 5.69 Å². The van der Waals surface area contributed by atoms with E-state index < -0.39 is 18.0 Å². The van der Waals surface area contributed by atoms with Crippen LogP contribution in [0.25, 0.3) is 10.2 Å². The quantitative estimate of drug-likeness (QED) is 0.597. The zero-order valence-corrected chi connectivity index (χ0v) is 17.2. The Kier molecular flexibility index (Phi) is 6.28. The van der Waals surface area contributed by atoms with Crippen LogP contribution >= 0.6 is 11.3 Å². The number of thiophene rings is 1. The van der Waals surface area contributed by atoms with Crippen molar-refractivity contribution in [1.82, 2.24) is 9.55 Å². The molecular formula is C20H22N4O4S. The fraction of sp³-hybridized carbons (Fsp3) is 0.300.